The molecule has 0 aliphatic rings. The number of hydrogen-bond acceptors (Lipinski definition) is 3. The van der Waals surface area contributed by atoms with E-state index >= 15 is 0 Å². The van der Waals surface area contributed by atoms with Crippen molar-refractivity contribution in [2.75, 3.05) is 0 Å². The Morgan fingerprint density at radius 2 is 0.969 bits per heavy atom. The van der Waals surface area contributed by atoms with Gasteiger partial charge in [0, 0.05) is 16.7 Å². The van der Waals surface area contributed by atoms with Crippen molar-refractivity contribution < 1.29 is 14.4 Å². The molecular formula is C26H28O3S3. The third-order valence-electron chi connectivity index (χ3n) is 4.38. The number of hydrogen-bond donors (Lipinski definition) is 3. The Kier molecular flexibility index (Phi) is 11.5. The number of benzene rings is 3. The van der Waals surface area contributed by atoms with Crippen molar-refractivity contribution in [2.45, 2.75) is 34.6 Å². The molecule has 0 saturated heterocycles. The molecule has 3 nitrogen and oxygen atoms in total. The predicted molar refractivity (Wildman–Crippen MR) is 143 cm³/mol. The number of rotatable bonds is 3. The average molecular weight is 485 g/mol. The second kappa shape index (κ2) is 13.3. The van der Waals surface area contributed by atoms with Crippen LogP contribution in [0.15, 0.2) is 60.7 Å². The van der Waals surface area contributed by atoms with Crippen LogP contribution in [0.5, 0.6) is 0 Å². The molecular weight excluding hydrogens is 456 g/mol. The number of carbonyl (C=O) groups is 3. The molecule has 0 amide bonds. The highest BCUT2D eigenvalue weighted by atomic mass is 32.1. The van der Waals surface area contributed by atoms with Crippen molar-refractivity contribution in [1.82, 2.24) is 0 Å². The average Bonchev–Trinajstić information content (AvgIpc) is 2.68. The monoisotopic (exact) mass is 484 g/mol. The maximum absolute atomic E-state index is 10.8. The lowest BCUT2D eigenvalue weighted by atomic mass is 10.1. The van der Waals surface area contributed by atoms with Gasteiger partial charge in [-0.3, -0.25) is 14.4 Å². The molecule has 0 fully saturated rings. The first kappa shape index (κ1) is 27.8. The predicted octanol–water partition coefficient (Wildman–Crippen LogP) is 6.81. The zero-order valence-corrected chi connectivity index (χ0v) is 21.5. The van der Waals surface area contributed by atoms with Crippen molar-refractivity contribution in [1.29, 1.82) is 0 Å². The molecule has 3 aromatic rings. The van der Waals surface area contributed by atoms with Crippen LogP contribution in [-0.4, -0.2) is 15.3 Å². The van der Waals surface area contributed by atoms with Crippen molar-refractivity contribution in [3.63, 3.8) is 0 Å². The molecule has 0 saturated carbocycles. The minimum Gasteiger partial charge on any atom is -0.282 e. The number of carbonyl (C=O) groups excluding carboxylic acids is 3. The molecule has 0 aromatic heterocycles. The maximum atomic E-state index is 10.8. The van der Waals surface area contributed by atoms with E-state index in [2.05, 4.69) is 37.9 Å². The number of aryl methyl sites for hydroxylation is 5. The summed E-state index contributed by atoms with van der Waals surface area (Å²) in [4.78, 5) is 32.3. The SMILES string of the molecule is Cc1cc(C)cc(C(=O)S)c1.Cc1ccc(C(=O)S)c(C)c1.Cc1ccc(C(=O)S)cc1. The van der Waals surface area contributed by atoms with Crippen LogP contribution in [0.3, 0.4) is 0 Å². The first-order valence-electron chi connectivity index (χ1n) is 9.82. The summed E-state index contributed by atoms with van der Waals surface area (Å²) in [5.41, 5.74) is 7.52. The molecule has 3 rings (SSSR count). The van der Waals surface area contributed by atoms with Crippen LogP contribution in [0, 0.1) is 34.6 Å². The molecule has 6 heteroatoms. The molecule has 0 N–H and O–H groups in total. The third kappa shape index (κ3) is 9.90. The van der Waals surface area contributed by atoms with Gasteiger partial charge >= 0.3 is 0 Å². The molecule has 3 aromatic carbocycles. The fraction of sp³-hybridized carbons (Fsp3) is 0.192. The first-order valence-corrected chi connectivity index (χ1v) is 11.2. The van der Waals surface area contributed by atoms with E-state index in [-0.39, 0.29) is 15.3 Å². The van der Waals surface area contributed by atoms with Crippen molar-refractivity contribution >= 4 is 53.2 Å². The lowest BCUT2D eigenvalue weighted by molar-refractivity contribution is 0.108. The smallest absolute Gasteiger partial charge is 0.216 e. The first-order chi connectivity index (χ1) is 14.9. The Labute approximate surface area is 206 Å². The largest absolute Gasteiger partial charge is 0.282 e. The zero-order valence-electron chi connectivity index (χ0n) is 18.8. The standard InChI is InChI=1S/2C9H10OS.C8H8OS/c1-6-3-7(2)5-8(4-6)9(10)11;1-6-3-4-8(9(10)11)7(2)5-6;1-6-2-4-7(5-3-6)8(9)10/h2*3-5H,1-2H3,(H,10,11);2-5H,1H3,(H,9,10). The summed E-state index contributed by atoms with van der Waals surface area (Å²) in [5, 5.41) is -0.515. The minimum absolute atomic E-state index is 0.164. The summed E-state index contributed by atoms with van der Waals surface area (Å²) in [5.74, 6) is 0. The molecule has 0 atom stereocenters. The van der Waals surface area contributed by atoms with Crippen molar-refractivity contribution in [3.8, 4) is 0 Å². The van der Waals surface area contributed by atoms with E-state index in [4.69, 9.17) is 0 Å². The third-order valence-corrected chi connectivity index (χ3v) is 5.14. The highest BCUT2D eigenvalue weighted by Crippen LogP contribution is 2.12. The fourth-order valence-electron chi connectivity index (χ4n) is 2.85. The van der Waals surface area contributed by atoms with E-state index in [1.165, 1.54) is 5.56 Å². The molecule has 0 aliphatic carbocycles. The highest BCUT2D eigenvalue weighted by Gasteiger charge is 2.03. The van der Waals surface area contributed by atoms with Crippen molar-refractivity contribution in [2.24, 2.45) is 0 Å². The van der Waals surface area contributed by atoms with Gasteiger partial charge in [0.2, 0.25) is 15.3 Å². The summed E-state index contributed by atoms with van der Waals surface area (Å²) >= 11 is 11.2. The van der Waals surface area contributed by atoms with Gasteiger partial charge in [0.15, 0.2) is 0 Å². The second-order valence-corrected chi connectivity index (χ2v) is 8.69. The molecule has 0 bridgehead atoms. The minimum atomic E-state index is -0.181. The summed E-state index contributed by atoms with van der Waals surface area (Å²) in [6, 6.07) is 18.7. The second-order valence-electron chi connectivity index (χ2n) is 7.48. The summed E-state index contributed by atoms with van der Waals surface area (Å²) < 4.78 is 0. The van der Waals surface area contributed by atoms with Crippen LogP contribution in [0.25, 0.3) is 0 Å². The molecule has 0 spiro atoms. The van der Waals surface area contributed by atoms with Crippen LogP contribution in [0.4, 0.5) is 0 Å². The normalized spacial score (nSPS) is 9.62. The van der Waals surface area contributed by atoms with Crippen LogP contribution >= 0.6 is 37.9 Å². The van der Waals surface area contributed by atoms with Crippen molar-refractivity contribution in [3.05, 3.63) is 105 Å². The molecule has 0 radical (unpaired) electrons. The molecule has 168 valence electrons. The molecule has 0 aliphatic heterocycles. The Morgan fingerprint density at radius 1 is 0.500 bits per heavy atom. The quantitative estimate of drug-likeness (QED) is 0.358. The summed E-state index contributed by atoms with van der Waals surface area (Å²) in [7, 11) is 0. The Bertz CT molecular complexity index is 1080. The van der Waals surface area contributed by atoms with Gasteiger partial charge in [-0.15, -0.1) is 37.9 Å². The van der Waals surface area contributed by atoms with Gasteiger partial charge in [-0.2, -0.15) is 0 Å². The topological polar surface area (TPSA) is 51.2 Å². The number of thiol groups is 3. The Balaban J connectivity index is 0.000000240. The van der Waals surface area contributed by atoms with Crippen LogP contribution in [-0.2, 0) is 0 Å². The van der Waals surface area contributed by atoms with Gasteiger partial charge in [0.1, 0.15) is 0 Å². The van der Waals surface area contributed by atoms with Gasteiger partial charge in [0.25, 0.3) is 0 Å². The van der Waals surface area contributed by atoms with Gasteiger partial charge in [-0.1, -0.05) is 64.7 Å². The highest BCUT2D eigenvalue weighted by molar-refractivity contribution is 7.97. The molecule has 32 heavy (non-hydrogen) atoms. The Morgan fingerprint density at radius 3 is 1.38 bits per heavy atom. The lowest BCUT2D eigenvalue weighted by Gasteiger charge is -2.00. The van der Waals surface area contributed by atoms with E-state index < -0.39 is 0 Å². The molecule has 0 unspecified atom stereocenters. The van der Waals surface area contributed by atoms with Crippen LogP contribution < -0.4 is 0 Å². The van der Waals surface area contributed by atoms with E-state index in [1.54, 1.807) is 18.2 Å². The van der Waals surface area contributed by atoms with Gasteiger partial charge < -0.3 is 0 Å². The maximum Gasteiger partial charge on any atom is 0.216 e. The summed E-state index contributed by atoms with van der Waals surface area (Å²) in [6.45, 7) is 9.82. The Hall–Kier alpha value is -2.28. The van der Waals surface area contributed by atoms with E-state index in [1.807, 2.05) is 77.1 Å². The summed E-state index contributed by atoms with van der Waals surface area (Å²) in [6.07, 6.45) is 0. The molecule has 0 heterocycles. The fourth-order valence-corrected chi connectivity index (χ4v) is 3.38. The van der Waals surface area contributed by atoms with E-state index in [0.717, 1.165) is 22.3 Å². The van der Waals surface area contributed by atoms with Crippen LogP contribution in [0.1, 0.15) is 58.9 Å². The zero-order chi connectivity index (χ0) is 24.4. The van der Waals surface area contributed by atoms with Gasteiger partial charge in [0.05, 0.1) is 0 Å². The van der Waals surface area contributed by atoms with E-state index in [0.29, 0.717) is 16.7 Å². The lowest BCUT2D eigenvalue weighted by Crippen LogP contribution is -1.92. The van der Waals surface area contributed by atoms with E-state index in [9.17, 15) is 14.4 Å². The van der Waals surface area contributed by atoms with Crippen LogP contribution in [0.2, 0.25) is 0 Å². The van der Waals surface area contributed by atoms with Gasteiger partial charge in [-0.25, -0.2) is 0 Å². The van der Waals surface area contributed by atoms with Gasteiger partial charge in [-0.05, 0) is 58.4 Å².